The number of hydrogen-bond donors (Lipinski definition) is 2. The molecule has 2 N–H and O–H groups in total. The number of likely N-dealkylation sites (tertiary alicyclic amines) is 1. The summed E-state index contributed by atoms with van der Waals surface area (Å²) in [5.41, 5.74) is -0.424. The molecule has 148 valence electrons. The van der Waals surface area contributed by atoms with Crippen LogP contribution in [0.3, 0.4) is 0 Å². The lowest BCUT2D eigenvalue weighted by atomic mass is 10.3. The number of carbonyl (C=O) groups excluding carboxylic acids is 2. The van der Waals surface area contributed by atoms with Gasteiger partial charge in [-0.3, -0.25) is 24.3 Å². The van der Waals surface area contributed by atoms with Crippen molar-refractivity contribution in [2.24, 2.45) is 0 Å². The average Bonchev–Trinajstić information content (AvgIpc) is 3.16. The number of hydrogen-bond acceptors (Lipinski definition) is 6. The van der Waals surface area contributed by atoms with E-state index >= 15 is 0 Å². The van der Waals surface area contributed by atoms with Gasteiger partial charge in [0, 0.05) is 51.5 Å². The Kier molecular flexibility index (Phi) is 6.10. The van der Waals surface area contributed by atoms with Crippen LogP contribution >= 0.6 is 0 Å². The number of rotatable bonds is 5. The van der Waals surface area contributed by atoms with Crippen molar-refractivity contribution in [3.8, 4) is 0 Å². The first-order valence-electron chi connectivity index (χ1n) is 9.59. The molecule has 1 aromatic rings. The first-order valence-corrected chi connectivity index (χ1v) is 9.59. The fourth-order valence-corrected chi connectivity index (χ4v) is 3.42. The highest BCUT2D eigenvalue weighted by Crippen LogP contribution is 2.12. The highest BCUT2D eigenvalue weighted by molar-refractivity contribution is 5.93. The van der Waals surface area contributed by atoms with Crippen LogP contribution in [0.15, 0.2) is 11.0 Å². The smallest absolute Gasteiger partial charge is 0.265 e. The fraction of sp³-hybridized carbons (Fsp3) is 0.667. The summed E-state index contributed by atoms with van der Waals surface area (Å²) in [6.45, 7) is 8.69. The third-order valence-electron chi connectivity index (χ3n) is 4.94. The molecular weight excluding hydrogens is 348 g/mol. The molecule has 3 heterocycles. The second-order valence-electron chi connectivity index (χ2n) is 7.43. The van der Waals surface area contributed by atoms with Crippen molar-refractivity contribution in [2.75, 3.05) is 50.7 Å². The second-order valence-corrected chi connectivity index (χ2v) is 7.43. The van der Waals surface area contributed by atoms with Crippen LogP contribution in [0.2, 0.25) is 0 Å². The molecule has 9 heteroatoms. The van der Waals surface area contributed by atoms with Gasteiger partial charge in [-0.25, -0.2) is 4.98 Å². The van der Waals surface area contributed by atoms with Crippen molar-refractivity contribution < 1.29 is 9.59 Å². The van der Waals surface area contributed by atoms with Crippen LogP contribution in [0.4, 0.5) is 5.95 Å². The highest BCUT2D eigenvalue weighted by atomic mass is 16.2. The summed E-state index contributed by atoms with van der Waals surface area (Å²) in [5, 5.41) is 2.69. The SMILES string of the molecule is CC(C)NC(=O)c1cnc(N2CCN(CC(=O)N3CCCC3)CC2)[nH]c1=O. The monoisotopic (exact) mass is 376 g/mol. The van der Waals surface area contributed by atoms with Gasteiger partial charge in [0.1, 0.15) is 5.56 Å². The van der Waals surface area contributed by atoms with Gasteiger partial charge in [-0.1, -0.05) is 0 Å². The van der Waals surface area contributed by atoms with Crippen molar-refractivity contribution in [2.45, 2.75) is 32.7 Å². The Morgan fingerprint density at radius 2 is 1.81 bits per heavy atom. The molecule has 9 nitrogen and oxygen atoms in total. The maximum atomic E-state index is 12.3. The summed E-state index contributed by atoms with van der Waals surface area (Å²) in [5.74, 6) is 0.246. The molecule has 1 aromatic heterocycles. The van der Waals surface area contributed by atoms with Gasteiger partial charge >= 0.3 is 0 Å². The lowest BCUT2D eigenvalue weighted by Crippen LogP contribution is -2.50. The Hall–Kier alpha value is -2.42. The van der Waals surface area contributed by atoms with E-state index in [1.807, 2.05) is 23.6 Å². The minimum Gasteiger partial charge on any atom is -0.350 e. The number of nitrogens with zero attached hydrogens (tertiary/aromatic N) is 4. The molecule has 3 rings (SSSR count). The number of aromatic nitrogens is 2. The van der Waals surface area contributed by atoms with Crippen LogP contribution in [0.25, 0.3) is 0 Å². The molecular formula is C18H28N6O3. The predicted molar refractivity (Wildman–Crippen MR) is 102 cm³/mol. The normalized spacial score (nSPS) is 18.2. The first kappa shape index (κ1) is 19.3. The lowest BCUT2D eigenvalue weighted by molar-refractivity contribution is -0.131. The zero-order valence-corrected chi connectivity index (χ0v) is 16.0. The summed E-state index contributed by atoms with van der Waals surface area (Å²) < 4.78 is 0. The number of carbonyl (C=O) groups is 2. The van der Waals surface area contributed by atoms with E-state index in [-0.39, 0.29) is 17.5 Å². The summed E-state index contributed by atoms with van der Waals surface area (Å²) >= 11 is 0. The largest absolute Gasteiger partial charge is 0.350 e. The molecule has 0 atom stereocenters. The Morgan fingerprint density at radius 3 is 2.41 bits per heavy atom. The third kappa shape index (κ3) is 4.85. The number of amides is 2. The maximum absolute atomic E-state index is 12.3. The Balaban J connectivity index is 1.54. The first-order chi connectivity index (χ1) is 12.9. The van der Waals surface area contributed by atoms with Crippen LogP contribution in [-0.4, -0.2) is 83.4 Å². The van der Waals surface area contributed by atoms with Crippen LogP contribution in [0.5, 0.6) is 0 Å². The van der Waals surface area contributed by atoms with Crippen molar-refractivity contribution in [3.05, 3.63) is 22.1 Å². The molecule has 2 aliphatic rings. The molecule has 2 fully saturated rings. The topological polar surface area (TPSA) is 102 Å². The minimum absolute atomic E-state index is 0.0160. The molecule has 0 unspecified atom stereocenters. The van der Waals surface area contributed by atoms with Gasteiger partial charge < -0.3 is 15.1 Å². The van der Waals surface area contributed by atoms with Crippen molar-refractivity contribution in [1.82, 2.24) is 25.1 Å². The second kappa shape index (κ2) is 8.51. The number of H-pyrrole nitrogens is 1. The van der Waals surface area contributed by atoms with Crippen LogP contribution in [0.1, 0.15) is 37.0 Å². The van der Waals surface area contributed by atoms with E-state index in [0.717, 1.165) is 39.0 Å². The van der Waals surface area contributed by atoms with Gasteiger partial charge in [0.25, 0.3) is 11.5 Å². The summed E-state index contributed by atoms with van der Waals surface area (Å²) in [7, 11) is 0. The van der Waals surface area contributed by atoms with Crippen LogP contribution < -0.4 is 15.8 Å². The number of piperazine rings is 1. The quantitative estimate of drug-likeness (QED) is 0.729. The van der Waals surface area contributed by atoms with Crippen molar-refractivity contribution >= 4 is 17.8 Å². The molecule has 0 saturated carbocycles. The van der Waals surface area contributed by atoms with E-state index in [2.05, 4.69) is 20.2 Å². The Bertz CT molecular complexity index is 733. The molecule has 0 aromatic carbocycles. The van der Waals surface area contributed by atoms with E-state index in [1.165, 1.54) is 6.20 Å². The van der Waals surface area contributed by atoms with Crippen LogP contribution in [-0.2, 0) is 4.79 Å². The molecule has 0 spiro atoms. The summed E-state index contributed by atoms with van der Waals surface area (Å²) in [6.07, 6.45) is 3.53. The number of nitrogens with one attached hydrogen (secondary N) is 2. The van der Waals surface area contributed by atoms with Gasteiger partial charge in [-0.15, -0.1) is 0 Å². The highest BCUT2D eigenvalue weighted by Gasteiger charge is 2.24. The van der Waals surface area contributed by atoms with Gasteiger partial charge in [0.05, 0.1) is 6.54 Å². The fourth-order valence-electron chi connectivity index (χ4n) is 3.42. The third-order valence-corrected chi connectivity index (χ3v) is 4.94. The van der Waals surface area contributed by atoms with E-state index in [0.29, 0.717) is 25.6 Å². The van der Waals surface area contributed by atoms with Gasteiger partial charge in [-0.2, -0.15) is 0 Å². The zero-order chi connectivity index (χ0) is 19.4. The van der Waals surface area contributed by atoms with Gasteiger partial charge in [0.2, 0.25) is 11.9 Å². The summed E-state index contributed by atoms with van der Waals surface area (Å²) in [6, 6.07) is -0.0482. The number of aromatic amines is 1. The zero-order valence-electron chi connectivity index (χ0n) is 16.0. The van der Waals surface area contributed by atoms with Crippen molar-refractivity contribution in [3.63, 3.8) is 0 Å². The van der Waals surface area contributed by atoms with E-state index < -0.39 is 11.5 Å². The summed E-state index contributed by atoms with van der Waals surface area (Å²) in [4.78, 5) is 49.5. The van der Waals surface area contributed by atoms with Crippen LogP contribution in [0, 0.1) is 0 Å². The number of anilines is 1. The standard InChI is InChI=1S/C18H28N6O3/c1-13(2)20-16(26)14-11-19-18(21-17(14)27)24-9-7-22(8-10-24)12-15(25)23-5-3-4-6-23/h11,13H,3-10,12H2,1-2H3,(H,20,26)(H,19,21,27). The molecule has 0 bridgehead atoms. The molecule has 0 aliphatic carbocycles. The van der Waals surface area contributed by atoms with Gasteiger partial charge in [0.15, 0.2) is 0 Å². The average molecular weight is 376 g/mol. The molecule has 2 saturated heterocycles. The minimum atomic E-state index is -0.440. The molecule has 2 amide bonds. The Labute approximate surface area is 158 Å². The molecule has 2 aliphatic heterocycles. The van der Waals surface area contributed by atoms with Gasteiger partial charge in [-0.05, 0) is 26.7 Å². The lowest BCUT2D eigenvalue weighted by Gasteiger charge is -2.35. The molecule has 0 radical (unpaired) electrons. The molecule has 27 heavy (non-hydrogen) atoms. The van der Waals surface area contributed by atoms with Crippen molar-refractivity contribution in [1.29, 1.82) is 0 Å². The van der Waals surface area contributed by atoms with E-state index in [1.54, 1.807) is 0 Å². The predicted octanol–water partition coefficient (Wildman–Crippen LogP) is -0.347. The van der Waals surface area contributed by atoms with E-state index in [9.17, 15) is 14.4 Å². The maximum Gasteiger partial charge on any atom is 0.265 e. The van der Waals surface area contributed by atoms with E-state index in [4.69, 9.17) is 0 Å². The Morgan fingerprint density at radius 1 is 1.15 bits per heavy atom.